The average molecular weight is 281 g/mol. The van der Waals surface area contributed by atoms with Crippen molar-refractivity contribution in [2.75, 3.05) is 0 Å². The fourth-order valence-corrected chi connectivity index (χ4v) is 3.17. The number of nitriles is 1. The summed E-state index contributed by atoms with van der Waals surface area (Å²) in [6, 6.07) is 14.6. The third-order valence-corrected chi connectivity index (χ3v) is 4.46. The summed E-state index contributed by atoms with van der Waals surface area (Å²) in [4.78, 5) is 0. The predicted molar refractivity (Wildman–Crippen MR) is 78.2 cm³/mol. The van der Waals surface area contributed by atoms with Gasteiger partial charge in [-0.3, -0.25) is 0 Å². The molecule has 0 bridgehead atoms. The molecule has 3 heteroatoms. The van der Waals surface area contributed by atoms with Gasteiger partial charge in [0.15, 0.2) is 0 Å². The molecule has 0 heterocycles. The number of benzene rings is 2. The number of hydrogen-bond donors (Lipinski definition) is 1. The van der Waals surface area contributed by atoms with Crippen LogP contribution < -0.4 is 0 Å². The van der Waals surface area contributed by atoms with Crippen LogP contribution in [0.1, 0.15) is 34.8 Å². The van der Waals surface area contributed by atoms with Gasteiger partial charge in [0.05, 0.1) is 6.07 Å². The number of rotatable bonds is 2. The van der Waals surface area contributed by atoms with Crippen molar-refractivity contribution in [3.05, 3.63) is 70.5 Å². The van der Waals surface area contributed by atoms with E-state index in [1.165, 1.54) is 6.07 Å². The fraction of sp³-hybridized carbons (Fsp3) is 0.278. The smallest absolute Gasteiger partial charge is 0.126 e. The maximum Gasteiger partial charge on any atom is 0.126 e. The summed E-state index contributed by atoms with van der Waals surface area (Å²) >= 11 is 0. The highest BCUT2D eigenvalue weighted by atomic mass is 19.1. The van der Waals surface area contributed by atoms with E-state index < -0.39 is 11.5 Å². The van der Waals surface area contributed by atoms with Gasteiger partial charge in [-0.1, -0.05) is 36.4 Å². The molecule has 2 aromatic carbocycles. The van der Waals surface area contributed by atoms with Gasteiger partial charge in [0.25, 0.3) is 0 Å². The molecule has 1 aliphatic rings. The van der Waals surface area contributed by atoms with E-state index in [1.807, 2.05) is 24.3 Å². The van der Waals surface area contributed by atoms with E-state index in [4.69, 9.17) is 0 Å². The Labute approximate surface area is 123 Å². The molecule has 2 atom stereocenters. The molecule has 0 aromatic heterocycles. The molecular weight excluding hydrogens is 265 g/mol. The van der Waals surface area contributed by atoms with Crippen LogP contribution in [0, 0.1) is 24.1 Å². The highest BCUT2D eigenvalue weighted by Gasteiger charge is 2.45. The van der Waals surface area contributed by atoms with E-state index in [-0.39, 0.29) is 5.82 Å². The predicted octanol–water partition coefficient (Wildman–Crippen LogP) is 3.58. The van der Waals surface area contributed by atoms with Crippen molar-refractivity contribution in [1.82, 2.24) is 0 Å². The molecule has 0 saturated heterocycles. The monoisotopic (exact) mass is 281 g/mol. The molecule has 2 nitrogen and oxygen atoms in total. The Morgan fingerprint density at radius 1 is 1.29 bits per heavy atom. The van der Waals surface area contributed by atoms with Gasteiger partial charge in [0.1, 0.15) is 17.3 Å². The Balaban J connectivity index is 2.09. The van der Waals surface area contributed by atoms with Gasteiger partial charge in [-0.2, -0.15) is 5.26 Å². The van der Waals surface area contributed by atoms with Crippen molar-refractivity contribution in [3.8, 4) is 6.07 Å². The first-order valence-corrected chi connectivity index (χ1v) is 7.02. The molecule has 0 aliphatic heterocycles. The van der Waals surface area contributed by atoms with Gasteiger partial charge in [-0.25, -0.2) is 4.39 Å². The highest BCUT2D eigenvalue weighted by Crippen LogP contribution is 2.47. The number of aryl methyl sites for hydroxylation is 2. The molecule has 0 fully saturated rings. The minimum atomic E-state index is -1.03. The standard InChI is InChI=1S/C18H16FNO/c1-12-6-7-14(10-16(12)19)17(21)18(11-20)9-8-13-4-2-3-5-15(13)18/h2-7,10,17,21H,8-9H2,1H3. The van der Waals surface area contributed by atoms with Gasteiger partial charge >= 0.3 is 0 Å². The molecule has 106 valence electrons. The lowest BCUT2D eigenvalue weighted by molar-refractivity contribution is 0.110. The first-order valence-electron chi connectivity index (χ1n) is 7.02. The summed E-state index contributed by atoms with van der Waals surface area (Å²) < 4.78 is 13.8. The molecule has 0 spiro atoms. The van der Waals surface area contributed by atoms with E-state index in [1.54, 1.807) is 19.1 Å². The Morgan fingerprint density at radius 2 is 2.05 bits per heavy atom. The molecule has 3 rings (SSSR count). The van der Waals surface area contributed by atoms with Crippen LogP contribution in [0.3, 0.4) is 0 Å². The highest BCUT2D eigenvalue weighted by molar-refractivity contribution is 5.47. The van der Waals surface area contributed by atoms with Crippen LogP contribution in [0.2, 0.25) is 0 Å². The lowest BCUT2D eigenvalue weighted by atomic mass is 9.75. The summed E-state index contributed by atoms with van der Waals surface area (Å²) in [7, 11) is 0. The molecule has 1 N–H and O–H groups in total. The lowest BCUT2D eigenvalue weighted by Gasteiger charge is -2.29. The van der Waals surface area contributed by atoms with Crippen LogP contribution in [0.15, 0.2) is 42.5 Å². The molecule has 0 radical (unpaired) electrons. The van der Waals surface area contributed by atoms with Crippen LogP contribution in [0.4, 0.5) is 4.39 Å². The van der Waals surface area contributed by atoms with Gasteiger partial charge in [0.2, 0.25) is 0 Å². The number of aliphatic hydroxyl groups is 1. The number of aliphatic hydroxyl groups excluding tert-OH is 1. The van der Waals surface area contributed by atoms with Gasteiger partial charge in [0, 0.05) is 0 Å². The van der Waals surface area contributed by atoms with E-state index in [0.717, 1.165) is 17.5 Å². The largest absolute Gasteiger partial charge is 0.386 e. The van der Waals surface area contributed by atoms with Crippen LogP contribution in [0.25, 0.3) is 0 Å². The second kappa shape index (κ2) is 4.98. The second-order valence-electron chi connectivity index (χ2n) is 5.65. The van der Waals surface area contributed by atoms with Crippen LogP contribution in [-0.4, -0.2) is 5.11 Å². The Morgan fingerprint density at radius 3 is 2.76 bits per heavy atom. The summed E-state index contributed by atoms with van der Waals surface area (Å²) in [5, 5.41) is 20.5. The molecule has 1 aliphatic carbocycles. The van der Waals surface area contributed by atoms with Crippen LogP contribution in [0.5, 0.6) is 0 Å². The SMILES string of the molecule is Cc1ccc(C(O)C2(C#N)CCc3ccccc32)cc1F. The van der Waals surface area contributed by atoms with Crippen molar-refractivity contribution in [2.45, 2.75) is 31.3 Å². The number of nitrogens with zero attached hydrogens (tertiary/aromatic N) is 1. The zero-order valence-corrected chi connectivity index (χ0v) is 11.8. The maximum absolute atomic E-state index is 13.8. The van der Waals surface area contributed by atoms with Crippen molar-refractivity contribution in [3.63, 3.8) is 0 Å². The first-order chi connectivity index (χ1) is 10.1. The zero-order valence-electron chi connectivity index (χ0n) is 11.8. The molecule has 2 unspecified atom stereocenters. The van der Waals surface area contributed by atoms with Crippen molar-refractivity contribution in [1.29, 1.82) is 5.26 Å². The molecular formula is C18H16FNO. The topological polar surface area (TPSA) is 44.0 Å². The minimum absolute atomic E-state index is 0.356. The van der Waals surface area contributed by atoms with Crippen molar-refractivity contribution < 1.29 is 9.50 Å². The van der Waals surface area contributed by atoms with Crippen LogP contribution >= 0.6 is 0 Å². The zero-order chi connectivity index (χ0) is 15.0. The molecule has 2 aromatic rings. The Kier molecular flexibility index (Phi) is 3.27. The summed E-state index contributed by atoms with van der Waals surface area (Å²) in [5.74, 6) is -0.356. The van der Waals surface area contributed by atoms with Gasteiger partial charge in [-0.05, 0) is 48.1 Å². The van der Waals surface area contributed by atoms with Crippen molar-refractivity contribution >= 4 is 0 Å². The summed E-state index contributed by atoms with van der Waals surface area (Å²) in [6.07, 6.45) is 0.288. The number of hydrogen-bond acceptors (Lipinski definition) is 2. The molecule has 0 amide bonds. The van der Waals surface area contributed by atoms with Gasteiger partial charge in [-0.15, -0.1) is 0 Å². The van der Waals surface area contributed by atoms with Crippen LogP contribution in [-0.2, 0) is 11.8 Å². The minimum Gasteiger partial charge on any atom is -0.386 e. The summed E-state index contributed by atoms with van der Waals surface area (Å²) in [6.45, 7) is 1.68. The second-order valence-corrected chi connectivity index (χ2v) is 5.65. The lowest BCUT2D eigenvalue weighted by Crippen LogP contribution is -2.29. The van der Waals surface area contributed by atoms with E-state index in [0.29, 0.717) is 17.5 Å². The number of fused-ring (bicyclic) bond motifs is 1. The first kappa shape index (κ1) is 13.8. The average Bonchev–Trinajstić information content (AvgIpc) is 2.89. The number of halogens is 1. The summed E-state index contributed by atoms with van der Waals surface area (Å²) in [5.41, 5.74) is 1.95. The van der Waals surface area contributed by atoms with E-state index in [9.17, 15) is 14.8 Å². The molecule has 21 heavy (non-hydrogen) atoms. The molecule has 0 saturated carbocycles. The van der Waals surface area contributed by atoms with E-state index >= 15 is 0 Å². The fourth-order valence-electron chi connectivity index (χ4n) is 3.17. The maximum atomic E-state index is 13.8. The normalized spacial score (nSPS) is 21.6. The quantitative estimate of drug-likeness (QED) is 0.914. The van der Waals surface area contributed by atoms with E-state index in [2.05, 4.69) is 6.07 Å². The third-order valence-electron chi connectivity index (χ3n) is 4.46. The van der Waals surface area contributed by atoms with Gasteiger partial charge < -0.3 is 5.11 Å². The third kappa shape index (κ3) is 2.03. The Hall–Kier alpha value is -2.18. The van der Waals surface area contributed by atoms with Crippen molar-refractivity contribution in [2.24, 2.45) is 0 Å². The Bertz CT molecular complexity index is 734.